The van der Waals surface area contributed by atoms with Crippen LogP contribution in [0.3, 0.4) is 0 Å². The van der Waals surface area contributed by atoms with Crippen LogP contribution in [-0.4, -0.2) is 25.0 Å². The van der Waals surface area contributed by atoms with Crippen LogP contribution in [0, 0.1) is 0 Å². The second kappa shape index (κ2) is 12.9. The standard InChI is InChI=1S/C9H9O.3C4H9.Sn/c1-2-8-10-9-6-4-3-5-7-9;3*1-3-4-2;/h1-7H,8H2;3*1,3-4H2,2H3;. The molecule has 1 aromatic rings. The molecule has 0 saturated carbocycles. The fourth-order valence-corrected chi connectivity index (χ4v) is 17.5. The van der Waals surface area contributed by atoms with Crippen molar-refractivity contribution < 1.29 is 4.74 Å². The van der Waals surface area contributed by atoms with Gasteiger partial charge in [-0.05, 0) is 0 Å². The van der Waals surface area contributed by atoms with Crippen LogP contribution < -0.4 is 4.74 Å². The Labute approximate surface area is 148 Å². The minimum atomic E-state index is -2.10. The third kappa shape index (κ3) is 8.83. The molecular formula is C21H36OSn. The van der Waals surface area contributed by atoms with Gasteiger partial charge in [0.1, 0.15) is 0 Å². The summed E-state index contributed by atoms with van der Waals surface area (Å²) in [5, 5.41) is 0. The summed E-state index contributed by atoms with van der Waals surface area (Å²) in [6.07, 6.45) is 10.6. The van der Waals surface area contributed by atoms with E-state index in [4.69, 9.17) is 4.74 Å². The Kier molecular flexibility index (Phi) is 11.6. The first-order valence-electron chi connectivity index (χ1n) is 9.62. The van der Waals surface area contributed by atoms with Gasteiger partial charge in [-0.15, -0.1) is 0 Å². The molecule has 0 fully saturated rings. The molecule has 0 saturated heterocycles. The Balaban J connectivity index is 2.64. The third-order valence-corrected chi connectivity index (χ3v) is 18.9. The van der Waals surface area contributed by atoms with Crippen LogP contribution in [-0.2, 0) is 0 Å². The molecule has 2 heteroatoms. The van der Waals surface area contributed by atoms with Gasteiger partial charge < -0.3 is 0 Å². The normalized spacial score (nSPS) is 12.0. The molecule has 0 aliphatic carbocycles. The molecule has 0 aliphatic heterocycles. The van der Waals surface area contributed by atoms with Crippen LogP contribution in [0.2, 0.25) is 13.3 Å². The van der Waals surface area contributed by atoms with Crippen molar-refractivity contribution in [1.29, 1.82) is 0 Å². The van der Waals surface area contributed by atoms with E-state index in [0.29, 0.717) is 0 Å². The van der Waals surface area contributed by atoms with Gasteiger partial charge in [0.15, 0.2) is 0 Å². The van der Waals surface area contributed by atoms with Gasteiger partial charge in [0.25, 0.3) is 0 Å². The van der Waals surface area contributed by atoms with Crippen molar-refractivity contribution >= 4 is 18.4 Å². The monoisotopic (exact) mass is 424 g/mol. The second-order valence-electron chi connectivity index (χ2n) is 6.70. The summed E-state index contributed by atoms with van der Waals surface area (Å²) in [5.41, 5.74) is 0. The van der Waals surface area contributed by atoms with E-state index in [2.05, 4.69) is 30.9 Å². The van der Waals surface area contributed by atoms with E-state index in [1.165, 1.54) is 51.8 Å². The van der Waals surface area contributed by atoms with Gasteiger partial charge in [0.2, 0.25) is 0 Å². The van der Waals surface area contributed by atoms with Crippen LogP contribution in [0.4, 0.5) is 0 Å². The molecule has 0 heterocycles. The summed E-state index contributed by atoms with van der Waals surface area (Å²) in [5.74, 6) is 0.980. The Bertz CT molecular complexity index is 391. The maximum absolute atomic E-state index is 5.86. The molecule has 1 nitrogen and oxygen atoms in total. The molecule has 0 unspecified atom stereocenters. The van der Waals surface area contributed by atoms with Crippen LogP contribution in [0.25, 0.3) is 0 Å². The predicted molar refractivity (Wildman–Crippen MR) is 106 cm³/mol. The fourth-order valence-electron chi connectivity index (χ4n) is 3.17. The molecule has 1 rings (SSSR count). The van der Waals surface area contributed by atoms with Crippen molar-refractivity contribution in [2.24, 2.45) is 0 Å². The topological polar surface area (TPSA) is 9.23 Å². The molecule has 0 amide bonds. The summed E-state index contributed by atoms with van der Waals surface area (Å²) in [7, 11) is 0. The van der Waals surface area contributed by atoms with Gasteiger partial charge in [-0.2, -0.15) is 0 Å². The Morgan fingerprint density at radius 2 is 1.35 bits per heavy atom. The van der Waals surface area contributed by atoms with Gasteiger partial charge in [0.05, 0.1) is 0 Å². The number of benzene rings is 1. The minimum absolute atomic E-state index is 0.729. The van der Waals surface area contributed by atoms with E-state index in [1.807, 2.05) is 30.3 Å². The number of hydrogen-bond donors (Lipinski definition) is 0. The summed E-state index contributed by atoms with van der Waals surface area (Å²) >= 11 is -2.10. The molecule has 0 spiro atoms. The van der Waals surface area contributed by atoms with Crippen LogP contribution in [0.15, 0.2) is 40.5 Å². The molecule has 0 aromatic heterocycles. The van der Waals surface area contributed by atoms with Crippen LogP contribution in [0.1, 0.15) is 59.3 Å². The first-order chi connectivity index (χ1) is 11.3. The van der Waals surface area contributed by atoms with Gasteiger partial charge in [0, 0.05) is 0 Å². The third-order valence-electron chi connectivity index (χ3n) is 4.65. The number of unbranched alkanes of at least 4 members (excludes halogenated alkanes) is 3. The molecular weight excluding hydrogens is 387 g/mol. The van der Waals surface area contributed by atoms with Gasteiger partial charge in [-0.3, -0.25) is 0 Å². The number of ether oxygens (including phenoxy) is 1. The Morgan fingerprint density at radius 3 is 1.83 bits per heavy atom. The maximum atomic E-state index is 5.86. The number of rotatable bonds is 13. The Morgan fingerprint density at radius 1 is 0.826 bits per heavy atom. The quantitative estimate of drug-likeness (QED) is 0.310. The average Bonchev–Trinajstić information content (AvgIpc) is 2.60. The van der Waals surface area contributed by atoms with Crippen molar-refractivity contribution in [3.63, 3.8) is 0 Å². The zero-order chi connectivity index (χ0) is 16.8. The number of para-hydroxylation sites is 1. The average molecular weight is 423 g/mol. The van der Waals surface area contributed by atoms with Gasteiger partial charge >= 0.3 is 149 Å². The SMILES string of the molecule is CCC[CH2][Sn](/[CH]=C/COc1ccccc1)([CH2]CCC)[CH2]CCC. The predicted octanol–water partition coefficient (Wildman–Crippen LogP) is 7.01. The molecule has 1 aromatic carbocycles. The molecule has 0 N–H and O–H groups in total. The number of hydrogen-bond acceptors (Lipinski definition) is 1. The van der Waals surface area contributed by atoms with E-state index in [-0.39, 0.29) is 0 Å². The zero-order valence-electron chi connectivity index (χ0n) is 15.5. The molecule has 23 heavy (non-hydrogen) atoms. The van der Waals surface area contributed by atoms with E-state index >= 15 is 0 Å². The summed E-state index contributed by atoms with van der Waals surface area (Å²) in [4.78, 5) is 0. The molecule has 130 valence electrons. The van der Waals surface area contributed by atoms with E-state index in [0.717, 1.165) is 12.4 Å². The first-order valence-corrected chi connectivity index (χ1v) is 17.3. The van der Waals surface area contributed by atoms with E-state index < -0.39 is 18.4 Å². The molecule has 0 radical (unpaired) electrons. The van der Waals surface area contributed by atoms with Gasteiger partial charge in [-0.1, -0.05) is 0 Å². The molecule has 0 atom stereocenters. The van der Waals surface area contributed by atoms with Crippen molar-refractivity contribution in [2.75, 3.05) is 6.61 Å². The second-order valence-corrected chi connectivity index (χ2v) is 19.7. The molecule has 0 aliphatic rings. The Hall–Kier alpha value is -0.441. The van der Waals surface area contributed by atoms with E-state index in [1.54, 1.807) is 0 Å². The van der Waals surface area contributed by atoms with E-state index in [9.17, 15) is 0 Å². The van der Waals surface area contributed by atoms with Gasteiger partial charge in [-0.25, -0.2) is 0 Å². The van der Waals surface area contributed by atoms with Crippen LogP contribution >= 0.6 is 0 Å². The van der Waals surface area contributed by atoms with Crippen molar-refractivity contribution in [3.05, 3.63) is 40.5 Å². The summed E-state index contributed by atoms with van der Waals surface area (Å²) in [6, 6.07) is 10.2. The zero-order valence-corrected chi connectivity index (χ0v) is 18.4. The summed E-state index contributed by atoms with van der Waals surface area (Å²) in [6.45, 7) is 7.72. The van der Waals surface area contributed by atoms with Crippen LogP contribution in [0.5, 0.6) is 5.75 Å². The first kappa shape index (κ1) is 20.6. The fraction of sp³-hybridized carbons (Fsp3) is 0.619. The van der Waals surface area contributed by atoms with Crippen molar-refractivity contribution in [1.82, 2.24) is 0 Å². The summed E-state index contributed by atoms with van der Waals surface area (Å²) < 4.78 is 13.2. The van der Waals surface area contributed by atoms with Crippen molar-refractivity contribution in [2.45, 2.75) is 72.6 Å². The molecule has 0 bridgehead atoms. The van der Waals surface area contributed by atoms with Crippen molar-refractivity contribution in [3.8, 4) is 5.75 Å².